The number of hydrogen-bond acceptors (Lipinski definition) is 5. The van der Waals surface area contributed by atoms with Crippen LogP contribution in [0.15, 0.2) is 42.6 Å². The maximum Gasteiger partial charge on any atom is 0.323 e. The average Bonchev–Trinajstić information content (AvgIpc) is 2.55. The molecule has 2 rings (SSSR count). The Morgan fingerprint density at radius 3 is 2.50 bits per heavy atom. The zero-order valence-corrected chi connectivity index (χ0v) is 12.2. The molecule has 0 radical (unpaired) electrons. The number of urea groups is 1. The van der Waals surface area contributed by atoms with Gasteiger partial charge in [-0.15, -0.1) is 0 Å². The number of nitrogens with two attached hydrogens (primary N) is 1. The van der Waals surface area contributed by atoms with Crippen molar-refractivity contribution in [2.45, 2.75) is 0 Å². The van der Waals surface area contributed by atoms with Gasteiger partial charge in [0.05, 0.1) is 0 Å². The number of rotatable bonds is 3. The third kappa shape index (κ3) is 3.51. The number of ether oxygens (including phenoxy) is 1. The van der Waals surface area contributed by atoms with Gasteiger partial charge in [-0.3, -0.25) is 14.7 Å². The van der Waals surface area contributed by atoms with Crippen LogP contribution in [0.2, 0.25) is 0 Å². The maximum absolute atomic E-state index is 12.1. The van der Waals surface area contributed by atoms with E-state index in [0.717, 1.165) is 4.90 Å². The molecular formula is C15H16N4O3. The fourth-order valence-corrected chi connectivity index (χ4v) is 1.70. The quantitative estimate of drug-likeness (QED) is 0.843. The predicted molar refractivity (Wildman–Crippen MR) is 81.7 cm³/mol. The minimum atomic E-state index is -0.526. The standard InChI is InChI=1S/C15H16N4O3/c1-17-15(21)19(2)14(20)13-9-12(7-8-18-13)22-11-5-3-10(16)4-6-11/h3-9H,16H2,1-2H3,(H,17,21). The van der Waals surface area contributed by atoms with E-state index in [0.29, 0.717) is 17.2 Å². The number of anilines is 1. The van der Waals surface area contributed by atoms with Crippen LogP contribution in [0.4, 0.5) is 10.5 Å². The van der Waals surface area contributed by atoms with E-state index in [1.165, 1.54) is 26.4 Å². The number of pyridine rings is 1. The van der Waals surface area contributed by atoms with Crippen molar-refractivity contribution >= 4 is 17.6 Å². The Kier molecular flexibility index (Phi) is 4.57. The fraction of sp³-hybridized carbons (Fsp3) is 0.133. The van der Waals surface area contributed by atoms with Crippen molar-refractivity contribution in [3.05, 3.63) is 48.3 Å². The summed E-state index contributed by atoms with van der Waals surface area (Å²) in [6, 6.07) is 9.42. The lowest BCUT2D eigenvalue weighted by molar-refractivity contribution is 0.0827. The van der Waals surface area contributed by atoms with Crippen molar-refractivity contribution in [2.24, 2.45) is 0 Å². The number of nitrogens with zero attached hydrogens (tertiary/aromatic N) is 2. The van der Waals surface area contributed by atoms with E-state index >= 15 is 0 Å². The van der Waals surface area contributed by atoms with Crippen LogP contribution in [0.5, 0.6) is 11.5 Å². The molecular weight excluding hydrogens is 284 g/mol. The zero-order valence-electron chi connectivity index (χ0n) is 12.2. The van der Waals surface area contributed by atoms with Gasteiger partial charge in [-0.1, -0.05) is 0 Å². The van der Waals surface area contributed by atoms with Crippen molar-refractivity contribution in [3.8, 4) is 11.5 Å². The lowest BCUT2D eigenvalue weighted by Gasteiger charge is -2.14. The second kappa shape index (κ2) is 6.57. The topological polar surface area (TPSA) is 97.5 Å². The summed E-state index contributed by atoms with van der Waals surface area (Å²) in [5.41, 5.74) is 6.35. The molecule has 0 spiro atoms. The Labute approximate surface area is 127 Å². The molecule has 0 aliphatic carbocycles. The maximum atomic E-state index is 12.1. The number of aromatic nitrogens is 1. The summed E-state index contributed by atoms with van der Waals surface area (Å²) in [5, 5.41) is 2.37. The number of nitrogen functional groups attached to an aromatic ring is 1. The first-order valence-corrected chi connectivity index (χ1v) is 6.50. The first kappa shape index (κ1) is 15.3. The molecule has 114 valence electrons. The molecule has 1 aromatic carbocycles. The van der Waals surface area contributed by atoms with E-state index in [-0.39, 0.29) is 5.69 Å². The number of nitrogens with one attached hydrogen (secondary N) is 1. The second-order valence-electron chi connectivity index (χ2n) is 4.47. The van der Waals surface area contributed by atoms with E-state index in [1.54, 1.807) is 30.3 Å². The van der Waals surface area contributed by atoms with E-state index in [4.69, 9.17) is 10.5 Å². The largest absolute Gasteiger partial charge is 0.457 e. The van der Waals surface area contributed by atoms with Gasteiger partial charge in [-0.05, 0) is 30.3 Å². The van der Waals surface area contributed by atoms with Gasteiger partial charge in [0.25, 0.3) is 5.91 Å². The zero-order chi connectivity index (χ0) is 16.1. The van der Waals surface area contributed by atoms with Gasteiger partial charge >= 0.3 is 6.03 Å². The van der Waals surface area contributed by atoms with Crippen LogP contribution >= 0.6 is 0 Å². The Balaban J connectivity index is 2.17. The Hall–Kier alpha value is -3.09. The molecule has 0 fully saturated rings. The van der Waals surface area contributed by atoms with E-state index < -0.39 is 11.9 Å². The first-order chi connectivity index (χ1) is 10.5. The van der Waals surface area contributed by atoms with E-state index in [9.17, 15) is 9.59 Å². The first-order valence-electron chi connectivity index (χ1n) is 6.50. The Morgan fingerprint density at radius 1 is 1.18 bits per heavy atom. The molecule has 22 heavy (non-hydrogen) atoms. The Morgan fingerprint density at radius 2 is 1.86 bits per heavy atom. The van der Waals surface area contributed by atoms with E-state index in [1.807, 2.05) is 0 Å². The number of amides is 3. The SMILES string of the molecule is CNC(=O)N(C)C(=O)c1cc(Oc2ccc(N)cc2)ccn1. The molecule has 0 aliphatic heterocycles. The molecule has 0 saturated carbocycles. The highest BCUT2D eigenvalue weighted by atomic mass is 16.5. The summed E-state index contributed by atoms with van der Waals surface area (Å²) in [6.45, 7) is 0. The van der Waals surface area contributed by atoms with Gasteiger partial charge in [0, 0.05) is 32.0 Å². The molecule has 2 aromatic rings. The van der Waals surface area contributed by atoms with Crippen LogP contribution in [0, 0.1) is 0 Å². The van der Waals surface area contributed by atoms with Crippen LogP contribution in [-0.4, -0.2) is 35.9 Å². The van der Waals surface area contributed by atoms with Crippen LogP contribution in [0.3, 0.4) is 0 Å². The van der Waals surface area contributed by atoms with E-state index in [2.05, 4.69) is 10.3 Å². The molecule has 1 heterocycles. The van der Waals surface area contributed by atoms with Crippen molar-refractivity contribution in [2.75, 3.05) is 19.8 Å². The van der Waals surface area contributed by atoms with Gasteiger partial charge in [-0.25, -0.2) is 4.79 Å². The lowest BCUT2D eigenvalue weighted by Crippen LogP contribution is -2.39. The number of carbonyl (C=O) groups excluding carboxylic acids is 2. The highest BCUT2D eigenvalue weighted by molar-refractivity contribution is 6.02. The van der Waals surface area contributed by atoms with Gasteiger partial charge in [0.2, 0.25) is 0 Å². The molecule has 7 heteroatoms. The molecule has 3 N–H and O–H groups in total. The second-order valence-corrected chi connectivity index (χ2v) is 4.47. The lowest BCUT2D eigenvalue weighted by atomic mass is 10.3. The number of imide groups is 1. The summed E-state index contributed by atoms with van der Waals surface area (Å²) in [7, 11) is 2.82. The molecule has 0 bridgehead atoms. The van der Waals surface area contributed by atoms with Crippen molar-refractivity contribution in [1.29, 1.82) is 0 Å². The third-order valence-electron chi connectivity index (χ3n) is 2.89. The van der Waals surface area contributed by atoms with Crippen LogP contribution < -0.4 is 15.8 Å². The minimum absolute atomic E-state index is 0.110. The smallest absolute Gasteiger partial charge is 0.323 e. The number of carbonyl (C=O) groups is 2. The van der Waals surface area contributed by atoms with Crippen LogP contribution in [0.25, 0.3) is 0 Å². The van der Waals surface area contributed by atoms with Crippen molar-refractivity contribution in [1.82, 2.24) is 15.2 Å². The minimum Gasteiger partial charge on any atom is -0.457 e. The molecule has 0 unspecified atom stereocenters. The van der Waals surface area contributed by atoms with Gasteiger partial charge in [0.15, 0.2) is 0 Å². The van der Waals surface area contributed by atoms with Gasteiger partial charge in [0.1, 0.15) is 17.2 Å². The van der Waals surface area contributed by atoms with Gasteiger partial charge < -0.3 is 15.8 Å². The highest BCUT2D eigenvalue weighted by Crippen LogP contribution is 2.22. The summed E-state index contributed by atoms with van der Waals surface area (Å²) in [6.07, 6.45) is 1.44. The van der Waals surface area contributed by atoms with Gasteiger partial charge in [-0.2, -0.15) is 0 Å². The molecule has 1 aromatic heterocycles. The third-order valence-corrected chi connectivity index (χ3v) is 2.89. The Bertz CT molecular complexity index is 685. The van der Waals surface area contributed by atoms with Crippen LogP contribution in [-0.2, 0) is 0 Å². The summed E-state index contributed by atoms with van der Waals surface area (Å²) < 4.78 is 5.62. The predicted octanol–water partition coefficient (Wildman–Crippen LogP) is 1.87. The monoisotopic (exact) mass is 300 g/mol. The average molecular weight is 300 g/mol. The molecule has 0 aliphatic rings. The number of hydrogen-bond donors (Lipinski definition) is 2. The number of benzene rings is 1. The molecule has 0 atom stereocenters. The van der Waals surface area contributed by atoms with Crippen molar-refractivity contribution < 1.29 is 14.3 Å². The molecule has 3 amide bonds. The summed E-state index contributed by atoms with van der Waals surface area (Å²) >= 11 is 0. The molecule has 0 saturated heterocycles. The highest BCUT2D eigenvalue weighted by Gasteiger charge is 2.19. The fourth-order valence-electron chi connectivity index (χ4n) is 1.70. The van der Waals surface area contributed by atoms with Crippen molar-refractivity contribution in [3.63, 3.8) is 0 Å². The summed E-state index contributed by atoms with van der Waals surface area (Å²) in [4.78, 5) is 28.5. The van der Waals surface area contributed by atoms with Crippen LogP contribution in [0.1, 0.15) is 10.5 Å². The normalized spacial score (nSPS) is 9.91. The summed E-state index contributed by atoms with van der Waals surface area (Å²) in [5.74, 6) is 0.494. The molecule has 7 nitrogen and oxygen atoms in total.